The summed E-state index contributed by atoms with van der Waals surface area (Å²) in [6.45, 7) is 4.74. The average Bonchev–Trinajstić information content (AvgIpc) is 2.23. The van der Waals surface area contributed by atoms with Gasteiger partial charge in [-0.1, -0.05) is 13.8 Å². The number of hydrogen-bond donors (Lipinski definition) is 3. The van der Waals surface area contributed by atoms with E-state index in [9.17, 15) is 9.59 Å². The maximum absolute atomic E-state index is 11.4. The highest BCUT2D eigenvalue weighted by Gasteiger charge is 2.18. The van der Waals surface area contributed by atoms with E-state index < -0.39 is 5.97 Å². The van der Waals surface area contributed by atoms with Crippen LogP contribution in [0.3, 0.4) is 0 Å². The summed E-state index contributed by atoms with van der Waals surface area (Å²) in [7, 11) is 0. The van der Waals surface area contributed by atoms with Crippen LogP contribution in [0.5, 0.6) is 0 Å². The molecule has 0 bridgehead atoms. The molecular formula is C11H21NO4S. The number of aliphatic hydroxyl groups is 1. The molecule has 1 amide bonds. The molecule has 0 aromatic rings. The molecule has 5 nitrogen and oxygen atoms in total. The number of carbonyl (C=O) groups excluding carboxylic acids is 1. The molecule has 6 heteroatoms. The molecule has 0 spiro atoms. The first kappa shape index (κ1) is 16.2. The number of carboxylic acid groups (broad SMARTS) is 1. The normalized spacial score (nSPS) is 11.2. The van der Waals surface area contributed by atoms with Crippen molar-refractivity contribution in [2.45, 2.75) is 26.7 Å². The van der Waals surface area contributed by atoms with Crippen LogP contribution < -0.4 is 5.32 Å². The van der Waals surface area contributed by atoms with E-state index in [-0.39, 0.29) is 29.4 Å². The van der Waals surface area contributed by atoms with Crippen molar-refractivity contribution in [2.24, 2.45) is 5.41 Å². The van der Waals surface area contributed by atoms with Crippen molar-refractivity contribution in [1.82, 2.24) is 5.32 Å². The number of nitrogens with one attached hydrogen (secondary N) is 1. The minimum absolute atomic E-state index is 0.0458. The molecule has 0 aromatic carbocycles. The fraction of sp³-hybridized carbons (Fsp3) is 0.818. The lowest BCUT2D eigenvalue weighted by Crippen LogP contribution is -2.35. The summed E-state index contributed by atoms with van der Waals surface area (Å²) < 4.78 is 0. The predicted octanol–water partition coefficient (Wildman–Crippen LogP) is 0.719. The number of aliphatic carboxylic acids is 1. The number of amides is 1. The van der Waals surface area contributed by atoms with E-state index in [2.05, 4.69) is 5.32 Å². The molecule has 0 fully saturated rings. The molecule has 0 unspecified atom stereocenters. The number of thioether (sulfide) groups is 1. The van der Waals surface area contributed by atoms with Gasteiger partial charge in [-0.2, -0.15) is 0 Å². The minimum Gasteiger partial charge on any atom is -0.481 e. The molecule has 0 saturated carbocycles. The lowest BCUT2D eigenvalue weighted by atomic mass is 9.88. The Bertz CT molecular complexity index is 256. The second-order valence-electron chi connectivity index (χ2n) is 4.65. The van der Waals surface area contributed by atoms with Gasteiger partial charge in [-0.05, 0) is 18.3 Å². The fourth-order valence-electron chi connectivity index (χ4n) is 1.27. The molecule has 0 atom stereocenters. The van der Waals surface area contributed by atoms with E-state index >= 15 is 0 Å². The van der Waals surface area contributed by atoms with Crippen LogP contribution in [-0.4, -0.2) is 46.7 Å². The van der Waals surface area contributed by atoms with Crippen molar-refractivity contribution in [3.8, 4) is 0 Å². The SMILES string of the molecule is CC(C)(CCCO)CNC(=O)CSCC(=O)O. The summed E-state index contributed by atoms with van der Waals surface area (Å²) in [5.41, 5.74) is -0.0458. The summed E-state index contributed by atoms with van der Waals surface area (Å²) >= 11 is 1.09. The Hall–Kier alpha value is -0.750. The molecule has 0 radical (unpaired) electrons. The van der Waals surface area contributed by atoms with Crippen LogP contribution >= 0.6 is 11.8 Å². The van der Waals surface area contributed by atoms with Crippen LogP contribution in [0.4, 0.5) is 0 Å². The molecule has 0 rings (SSSR count). The zero-order valence-electron chi connectivity index (χ0n) is 10.4. The van der Waals surface area contributed by atoms with Crippen LogP contribution in [0.1, 0.15) is 26.7 Å². The van der Waals surface area contributed by atoms with Crippen molar-refractivity contribution in [2.75, 3.05) is 24.7 Å². The molecule has 100 valence electrons. The van der Waals surface area contributed by atoms with Crippen LogP contribution in [0, 0.1) is 5.41 Å². The molecule has 3 N–H and O–H groups in total. The molecule has 0 aromatic heterocycles. The lowest BCUT2D eigenvalue weighted by Gasteiger charge is -2.24. The van der Waals surface area contributed by atoms with E-state index in [1.807, 2.05) is 13.8 Å². The van der Waals surface area contributed by atoms with Gasteiger partial charge >= 0.3 is 5.97 Å². The van der Waals surface area contributed by atoms with Gasteiger partial charge in [0.2, 0.25) is 5.91 Å². The van der Waals surface area contributed by atoms with Crippen LogP contribution in [-0.2, 0) is 9.59 Å². The van der Waals surface area contributed by atoms with Crippen molar-refractivity contribution < 1.29 is 19.8 Å². The van der Waals surface area contributed by atoms with Gasteiger partial charge in [0, 0.05) is 13.2 Å². The molecule has 0 aliphatic carbocycles. The maximum atomic E-state index is 11.4. The molecular weight excluding hydrogens is 242 g/mol. The van der Waals surface area contributed by atoms with Gasteiger partial charge in [0.25, 0.3) is 0 Å². The van der Waals surface area contributed by atoms with Crippen molar-refractivity contribution >= 4 is 23.6 Å². The van der Waals surface area contributed by atoms with Crippen molar-refractivity contribution in [3.05, 3.63) is 0 Å². The van der Waals surface area contributed by atoms with Crippen molar-refractivity contribution in [3.63, 3.8) is 0 Å². The Morgan fingerprint density at radius 1 is 1.29 bits per heavy atom. The third kappa shape index (κ3) is 10.1. The highest BCUT2D eigenvalue weighted by Crippen LogP contribution is 2.20. The third-order valence-corrected chi connectivity index (χ3v) is 3.15. The molecule has 0 saturated heterocycles. The van der Waals surface area contributed by atoms with Crippen molar-refractivity contribution in [1.29, 1.82) is 0 Å². The zero-order chi connectivity index (χ0) is 13.3. The quantitative estimate of drug-likeness (QED) is 0.570. The molecule has 0 heterocycles. The first-order valence-electron chi connectivity index (χ1n) is 5.54. The molecule has 17 heavy (non-hydrogen) atoms. The predicted molar refractivity (Wildman–Crippen MR) is 68.1 cm³/mol. The topological polar surface area (TPSA) is 86.6 Å². The Kier molecular flexibility index (Phi) is 7.99. The molecule has 0 aliphatic heterocycles. The van der Waals surface area contributed by atoms with E-state index in [1.165, 1.54) is 0 Å². The van der Waals surface area contributed by atoms with Crippen LogP contribution in [0.25, 0.3) is 0 Å². The summed E-state index contributed by atoms with van der Waals surface area (Å²) in [6, 6.07) is 0. The van der Waals surface area contributed by atoms with E-state index in [0.717, 1.165) is 24.6 Å². The summed E-state index contributed by atoms with van der Waals surface area (Å²) in [6.07, 6.45) is 1.56. The standard InChI is InChI=1S/C11H21NO4S/c1-11(2,4-3-5-13)8-12-9(14)6-17-7-10(15)16/h13H,3-8H2,1-2H3,(H,12,14)(H,15,16). The highest BCUT2D eigenvalue weighted by molar-refractivity contribution is 8.00. The van der Waals surface area contributed by atoms with Gasteiger partial charge < -0.3 is 15.5 Å². The number of aliphatic hydroxyl groups excluding tert-OH is 1. The largest absolute Gasteiger partial charge is 0.481 e. The summed E-state index contributed by atoms with van der Waals surface area (Å²) in [4.78, 5) is 21.6. The third-order valence-electron chi connectivity index (χ3n) is 2.23. The van der Waals surface area contributed by atoms with Gasteiger partial charge in [0.1, 0.15) is 0 Å². The Morgan fingerprint density at radius 3 is 2.47 bits per heavy atom. The molecule has 0 aliphatic rings. The van der Waals surface area contributed by atoms with Gasteiger partial charge in [-0.3, -0.25) is 9.59 Å². The maximum Gasteiger partial charge on any atom is 0.313 e. The lowest BCUT2D eigenvalue weighted by molar-refractivity contribution is -0.133. The number of hydrogen-bond acceptors (Lipinski definition) is 4. The summed E-state index contributed by atoms with van der Waals surface area (Å²) in [5, 5.41) is 19.9. The Balaban J connectivity index is 3.71. The monoisotopic (exact) mass is 263 g/mol. The zero-order valence-corrected chi connectivity index (χ0v) is 11.2. The number of rotatable bonds is 9. The Labute approximate surface area is 106 Å². The smallest absolute Gasteiger partial charge is 0.313 e. The van der Waals surface area contributed by atoms with Gasteiger partial charge in [-0.15, -0.1) is 11.8 Å². The average molecular weight is 263 g/mol. The Morgan fingerprint density at radius 2 is 1.94 bits per heavy atom. The number of carboxylic acids is 1. The first-order chi connectivity index (χ1) is 7.87. The van der Waals surface area contributed by atoms with Gasteiger partial charge in [-0.25, -0.2) is 0 Å². The van der Waals surface area contributed by atoms with Gasteiger partial charge in [0.05, 0.1) is 11.5 Å². The highest BCUT2D eigenvalue weighted by atomic mass is 32.2. The second-order valence-corrected chi connectivity index (χ2v) is 5.64. The first-order valence-corrected chi connectivity index (χ1v) is 6.70. The van der Waals surface area contributed by atoms with E-state index in [4.69, 9.17) is 10.2 Å². The minimum atomic E-state index is -0.911. The van der Waals surface area contributed by atoms with Gasteiger partial charge in [0.15, 0.2) is 0 Å². The second kappa shape index (κ2) is 8.36. The van der Waals surface area contributed by atoms with Crippen LogP contribution in [0.15, 0.2) is 0 Å². The van der Waals surface area contributed by atoms with E-state index in [1.54, 1.807) is 0 Å². The number of carbonyl (C=O) groups is 2. The van der Waals surface area contributed by atoms with Crippen LogP contribution in [0.2, 0.25) is 0 Å². The van der Waals surface area contributed by atoms with E-state index in [0.29, 0.717) is 6.54 Å². The summed E-state index contributed by atoms with van der Waals surface area (Å²) in [5.74, 6) is -0.941. The fourth-order valence-corrected chi connectivity index (χ4v) is 1.83.